The van der Waals surface area contributed by atoms with Crippen LogP contribution in [-0.4, -0.2) is 31.3 Å². The van der Waals surface area contributed by atoms with Gasteiger partial charge in [0, 0.05) is 22.2 Å². The molecular weight excluding hydrogens is 834 g/mol. The van der Waals surface area contributed by atoms with Gasteiger partial charge in [-0.2, -0.15) is 0 Å². The number of carbonyl (C=O) groups excluding carboxylic acids is 1. The molecule has 5 rings (SSSR count). The molecule has 1 saturated heterocycles. The number of benzene rings is 4. The summed E-state index contributed by atoms with van der Waals surface area (Å²) in [5.74, 6) is 3.14. The van der Waals surface area contributed by atoms with Gasteiger partial charge >= 0.3 is 0 Å². The van der Waals surface area contributed by atoms with Crippen molar-refractivity contribution in [2.75, 3.05) is 24.3 Å². The van der Waals surface area contributed by atoms with Gasteiger partial charge in [-0.05, 0) is 110 Å². The van der Waals surface area contributed by atoms with Crippen molar-refractivity contribution in [2.24, 2.45) is 28.8 Å². The van der Waals surface area contributed by atoms with E-state index >= 15 is 0 Å². The summed E-state index contributed by atoms with van der Waals surface area (Å²) in [7, 11) is 0. The Labute approximate surface area is 352 Å². The first kappa shape index (κ1) is 48.4. The Morgan fingerprint density at radius 3 is 1.57 bits per heavy atom. The molecule has 1 fully saturated rings. The highest BCUT2D eigenvalue weighted by Gasteiger charge is 2.22. The zero-order valence-corrected chi connectivity index (χ0v) is 38.1. The Balaban J connectivity index is 0.000000302. The van der Waals surface area contributed by atoms with Crippen LogP contribution in [0.4, 0.5) is 17.1 Å². The molecule has 3 N–H and O–H groups in total. The maximum absolute atomic E-state index is 12.5. The number of nitrogens with zero attached hydrogens (tertiary/aromatic N) is 1. The van der Waals surface area contributed by atoms with E-state index in [1.165, 1.54) is 18.4 Å². The molecule has 0 aliphatic carbocycles. The smallest absolute Gasteiger partial charge is 0.228 e. The molecule has 56 heavy (non-hydrogen) atoms. The average Bonchev–Trinajstić information content (AvgIpc) is 3.73. The average molecular weight is 898 g/mol. The van der Waals surface area contributed by atoms with Crippen molar-refractivity contribution in [2.45, 2.75) is 101 Å². The van der Waals surface area contributed by atoms with Crippen LogP contribution < -0.4 is 20.5 Å². The first-order chi connectivity index (χ1) is 26.5. The lowest BCUT2D eigenvalue weighted by atomic mass is 9.96. The number of aryl methyl sites for hydroxylation is 2. The van der Waals surface area contributed by atoms with Crippen molar-refractivity contribution in [3.63, 3.8) is 0 Å². The number of carbonyl (C=O) groups is 1. The molecule has 0 saturated carbocycles. The number of anilines is 2. The van der Waals surface area contributed by atoms with Crippen LogP contribution in [0.5, 0.6) is 11.5 Å². The zero-order chi connectivity index (χ0) is 41.8. The standard InChI is InChI=1S/C22H28BrNO2.C13H20BrNO.C7H7NO.C4H8O/c1-14(2)22(15(3)4)26-20-11-10-18(23)13-19(20)24-21(25)12-17-8-6-16(5)7-9-17;1-8(2)13(9(3)4)16-12-6-5-10(14)7-11(12)15;1-6-2-4-7(8-9)5-3-6;1-2-4-5-3-1/h6-11,13-15,22H,12H2,1-5H3,(H,24,25);5-9,13H,15H2,1-4H3;2-5H,1H3;1-4H2. The SMILES string of the molecule is C1CCOC1.CC(C)C(Oc1ccc(Br)cc1N)C(C)C.Cc1ccc(CC(=O)Nc2cc(Br)ccc2OC(C(C)C)C(C)C)cc1.Cc1ccc(N=O)cc1. The van der Waals surface area contributed by atoms with Gasteiger partial charge in [-0.25, -0.2) is 0 Å². The number of rotatable bonds is 12. The molecule has 1 heterocycles. The highest BCUT2D eigenvalue weighted by Crippen LogP contribution is 2.32. The van der Waals surface area contributed by atoms with Crippen molar-refractivity contribution in [3.8, 4) is 11.5 Å². The van der Waals surface area contributed by atoms with Gasteiger partial charge in [0.15, 0.2) is 0 Å². The minimum Gasteiger partial charge on any atom is -0.488 e. The van der Waals surface area contributed by atoms with E-state index in [1.54, 1.807) is 12.1 Å². The second-order valence-electron chi connectivity index (χ2n) is 15.4. The van der Waals surface area contributed by atoms with Gasteiger partial charge in [0.1, 0.15) is 29.4 Å². The molecule has 0 spiro atoms. The van der Waals surface area contributed by atoms with Crippen LogP contribution in [0.25, 0.3) is 0 Å². The van der Waals surface area contributed by atoms with Crippen LogP contribution in [0.2, 0.25) is 0 Å². The summed E-state index contributed by atoms with van der Waals surface area (Å²) in [5, 5.41) is 5.77. The van der Waals surface area contributed by atoms with Gasteiger partial charge < -0.3 is 25.3 Å². The van der Waals surface area contributed by atoms with Gasteiger partial charge in [-0.3, -0.25) is 4.79 Å². The number of ether oxygens (including phenoxy) is 3. The van der Waals surface area contributed by atoms with Crippen molar-refractivity contribution in [1.82, 2.24) is 0 Å². The summed E-state index contributed by atoms with van der Waals surface area (Å²) in [5.41, 5.74) is 11.1. The predicted octanol–water partition coefficient (Wildman–Crippen LogP) is 13.3. The maximum Gasteiger partial charge on any atom is 0.228 e. The second-order valence-corrected chi connectivity index (χ2v) is 17.3. The van der Waals surface area contributed by atoms with E-state index in [9.17, 15) is 9.70 Å². The van der Waals surface area contributed by atoms with E-state index in [-0.39, 0.29) is 18.1 Å². The van der Waals surface area contributed by atoms with E-state index in [0.717, 1.165) is 39.0 Å². The van der Waals surface area contributed by atoms with E-state index in [2.05, 4.69) is 97.7 Å². The summed E-state index contributed by atoms with van der Waals surface area (Å²) in [6.07, 6.45) is 3.18. The van der Waals surface area contributed by atoms with Crippen molar-refractivity contribution >= 4 is 54.8 Å². The number of nitrogens with two attached hydrogens (primary N) is 1. The third-order valence-electron chi connectivity index (χ3n) is 8.79. The molecule has 1 aliphatic rings. The number of hydrogen-bond donors (Lipinski definition) is 2. The fourth-order valence-corrected chi connectivity index (χ4v) is 6.65. The van der Waals surface area contributed by atoms with Gasteiger partial charge in [-0.1, -0.05) is 135 Å². The lowest BCUT2D eigenvalue weighted by molar-refractivity contribution is -0.115. The number of hydrogen-bond acceptors (Lipinski definition) is 7. The van der Waals surface area contributed by atoms with Gasteiger partial charge in [-0.15, -0.1) is 4.91 Å². The fourth-order valence-electron chi connectivity index (χ4n) is 5.91. The highest BCUT2D eigenvalue weighted by atomic mass is 79.9. The van der Waals surface area contributed by atoms with Gasteiger partial charge in [0.2, 0.25) is 5.91 Å². The molecule has 8 nitrogen and oxygen atoms in total. The third kappa shape index (κ3) is 18.5. The van der Waals surface area contributed by atoms with Crippen LogP contribution >= 0.6 is 31.9 Å². The van der Waals surface area contributed by atoms with E-state index in [4.69, 9.17) is 19.9 Å². The minimum atomic E-state index is -0.0533. The summed E-state index contributed by atoms with van der Waals surface area (Å²) < 4.78 is 19.1. The fraction of sp³-hybridized carbons (Fsp3) is 0.457. The molecule has 4 aromatic rings. The summed E-state index contributed by atoms with van der Waals surface area (Å²) >= 11 is 6.86. The summed E-state index contributed by atoms with van der Waals surface area (Å²) in [4.78, 5) is 22.4. The summed E-state index contributed by atoms with van der Waals surface area (Å²) in [6, 6.07) is 26.6. The molecule has 10 heteroatoms. The quantitative estimate of drug-likeness (QED) is 0.108. The van der Waals surface area contributed by atoms with Gasteiger partial charge in [0.25, 0.3) is 0 Å². The van der Waals surface area contributed by atoms with Crippen LogP contribution in [0.1, 0.15) is 84.9 Å². The lowest BCUT2D eigenvalue weighted by Gasteiger charge is -2.27. The maximum atomic E-state index is 12.5. The molecule has 306 valence electrons. The normalized spacial score (nSPS) is 12.1. The number of nitrogens with one attached hydrogen (secondary N) is 1. The number of nitrogen functional groups attached to an aromatic ring is 1. The van der Waals surface area contributed by atoms with Crippen LogP contribution in [0, 0.1) is 42.4 Å². The van der Waals surface area contributed by atoms with Crippen molar-refractivity contribution in [1.29, 1.82) is 0 Å². The molecule has 0 bridgehead atoms. The summed E-state index contributed by atoms with van der Waals surface area (Å²) in [6.45, 7) is 23.3. The first-order valence-corrected chi connectivity index (χ1v) is 21.1. The minimum absolute atomic E-state index is 0.0533. The molecule has 0 radical (unpaired) electrons. The monoisotopic (exact) mass is 895 g/mol. The Kier molecular flexibility index (Phi) is 22.1. The molecular formula is C46H63Br2N3O5. The van der Waals surface area contributed by atoms with Crippen molar-refractivity contribution < 1.29 is 19.0 Å². The second kappa shape index (κ2) is 25.5. The third-order valence-corrected chi connectivity index (χ3v) is 9.78. The van der Waals surface area contributed by atoms with Crippen LogP contribution in [0.3, 0.4) is 0 Å². The van der Waals surface area contributed by atoms with Crippen LogP contribution in [-0.2, 0) is 16.0 Å². The molecule has 0 unspecified atom stereocenters. The number of amides is 1. The molecule has 1 aliphatic heterocycles. The highest BCUT2D eigenvalue weighted by molar-refractivity contribution is 9.10. The largest absolute Gasteiger partial charge is 0.488 e. The number of nitroso groups, excluding NO2 is 1. The molecule has 0 atom stereocenters. The molecule has 0 aromatic heterocycles. The van der Waals surface area contributed by atoms with Crippen molar-refractivity contribution in [3.05, 3.63) is 115 Å². The zero-order valence-electron chi connectivity index (χ0n) is 34.9. The van der Waals surface area contributed by atoms with E-state index in [1.807, 2.05) is 86.6 Å². The predicted molar refractivity (Wildman–Crippen MR) is 241 cm³/mol. The van der Waals surface area contributed by atoms with E-state index in [0.29, 0.717) is 52.9 Å². The van der Waals surface area contributed by atoms with Gasteiger partial charge in [0.05, 0.1) is 17.8 Å². The Morgan fingerprint density at radius 1 is 0.696 bits per heavy atom. The Bertz CT molecular complexity index is 1720. The lowest BCUT2D eigenvalue weighted by Crippen LogP contribution is -2.29. The van der Waals surface area contributed by atoms with E-state index < -0.39 is 0 Å². The number of halogens is 2. The first-order valence-electron chi connectivity index (χ1n) is 19.5. The Morgan fingerprint density at radius 2 is 1.14 bits per heavy atom. The molecule has 4 aromatic carbocycles. The topological polar surface area (TPSA) is 112 Å². The molecule has 1 amide bonds. The Hall–Kier alpha value is -3.73. The van der Waals surface area contributed by atoms with Crippen LogP contribution in [0.15, 0.2) is 99.1 Å².